The predicted octanol–water partition coefficient (Wildman–Crippen LogP) is 2.27. The van der Waals surface area contributed by atoms with Crippen molar-refractivity contribution >= 4 is 23.2 Å². The molecule has 1 saturated heterocycles. The molecule has 5 nitrogen and oxygen atoms in total. The predicted molar refractivity (Wildman–Crippen MR) is 103 cm³/mol. The zero-order valence-electron chi connectivity index (χ0n) is 15.1. The summed E-state index contributed by atoms with van der Waals surface area (Å²) in [5.74, 6) is 1.03. The second-order valence-corrected chi connectivity index (χ2v) is 7.66. The molecule has 136 valence electrons. The van der Waals surface area contributed by atoms with Crippen molar-refractivity contribution in [1.29, 1.82) is 0 Å². The molecule has 3 rings (SSSR count). The van der Waals surface area contributed by atoms with E-state index in [1.807, 2.05) is 12.1 Å². The summed E-state index contributed by atoms with van der Waals surface area (Å²) in [5, 5.41) is 7.19. The number of hydrogen-bond donors (Lipinski definition) is 2. The summed E-state index contributed by atoms with van der Waals surface area (Å²) in [4.78, 5) is 14.9. The summed E-state index contributed by atoms with van der Waals surface area (Å²) >= 11 is 5.54. The molecule has 1 aromatic rings. The van der Waals surface area contributed by atoms with Gasteiger partial charge in [-0.15, -0.1) is 0 Å². The van der Waals surface area contributed by atoms with Gasteiger partial charge >= 0.3 is 0 Å². The van der Waals surface area contributed by atoms with Gasteiger partial charge in [-0.2, -0.15) is 0 Å². The highest BCUT2D eigenvalue weighted by Crippen LogP contribution is 2.34. The Balaban J connectivity index is 1.77. The molecule has 1 aromatic carbocycles. The van der Waals surface area contributed by atoms with Crippen LogP contribution >= 0.6 is 12.2 Å². The van der Waals surface area contributed by atoms with E-state index in [1.54, 1.807) is 7.11 Å². The molecule has 2 aliphatic rings. The molecule has 0 aromatic heterocycles. The molecule has 0 unspecified atom stereocenters. The zero-order valence-corrected chi connectivity index (χ0v) is 15.9. The fourth-order valence-corrected chi connectivity index (χ4v) is 3.68. The van der Waals surface area contributed by atoms with E-state index < -0.39 is 0 Å². The van der Waals surface area contributed by atoms with Gasteiger partial charge in [0, 0.05) is 31.1 Å². The summed E-state index contributed by atoms with van der Waals surface area (Å²) in [6.45, 7) is 5.56. The molecule has 2 N–H and O–H groups in total. The second kappa shape index (κ2) is 7.60. The van der Waals surface area contributed by atoms with E-state index in [-0.39, 0.29) is 23.8 Å². The Hall–Kier alpha value is -1.82. The number of nitrogens with zero attached hydrogens (tertiary/aromatic N) is 1. The van der Waals surface area contributed by atoms with Crippen LogP contribution in [0.25, 0.3) is 0 Å². The average molecular weight is 362 g/mol. The molecule has 0 radical (unpaired) electrons. The van der Waals surface area contributed by atoms with Crippen LogP contribution in [0.2, 0.25) is 0 Å². The van der Waals surface area contributed by atoms with Crippen LogP contribution < -0.4 is 15.4 Å². The van der Waals surface area contributed by atoms with Gasteiger partial charge in [-0.05, 0) is 56.6 Å². The van der Waals surface area contributed by atoms with Crippen LogP contribution in [0.15, 0.2) is 24.3 Å². The number of methoxy groups -OCH3 is 1. The highest BCUT2D eigenvalue weighted by molar-refractivity contribution is 7.80. The zero-order chi connectivity index (χ0) is 18.0. The Morgan fingerprint density at radius 2 is 1.92 bits per heavy atom. The smallest absolute Gasteiger partial charge is 0.225 e. The van der Waals surface area contributed by atoms with E-state index in [0.717, 1.165) is 35.8 Å². The molecule has 6 heteroatoms. The second-order valence-electron chi connectivity index (χ2n) is 7.28. The molecule has 1 heterocycles. The van der Waals surface area contributed by atoms with Gasteiger partial charge in [-0.1, -0.05) is 12.1 Å². The third-order valence-electron chi connectivity index (χ3n) is 4.82. The third-order valence-corrected chi connectivity index (χ3v) is 5.20. The van der Waals surface area contributed by atoms with Gasteiger partial charge in [0.25, 0.3) is 0 Å². The summed E-state index contributed by atoms with van der Waals surface area (Å²) in [6.07, 6.45) is 2.20. The highest BCUT2D eigenvalue weighted by atomic mass is 32.1. The lowest BCUT2D eigenvalue weighted by atomic mass is 9.88. The van der Waals surface area contributed by atoms with Crippen molar-refractivity contribution < 1.29 is 9.53 Å². The minimum atomic E-state index is -0.0825. The van der Waals surface area contributed by atoms with Gasteiger partial charge in [-0.25, -0.2) is 0 Å². The van der Waals surface area contributed by atoms with Gasteiger partial charge in [0.1, 0.15) is 5.75 Å². The fraction of sp³-hybridized carbons (Fsp3) is 0.579. The summed E-state index contributed by atoms with van der Waals surface area (Å²) in [6, 6.07) is 8.69. The number of rotatable bonds is 5. The first-order chi connectivity index (χ1) is 12.0. The Labute approximate surface area is 155 Å². The standard InChI is InChI=1S/C19H27N3O2S/c1-12(2)20-19(25)22-10-16(13-4-8-15(24-3)9-5-13)17(11-22)18(23)21-14-6-7-14/h4-5,8-9,12,14,16-17H,6-7,10-11H2,1-3H3,(H,20,25)(H,21,23)/t16-,17+/m1/s1. The molecular formula is C19H27N3O2S. The van der Waals surface area contributed by atoms with Gasteiger partial charge in [0.2, 0.25) is 5.91 Å². The van der Waals surface area contributed by atoms with Crippen molar-refractivity contribution in [3.63, 3.8) is 0 Å². The molecule has 1 amide bonds. The van der Waals surface area contributed by atoms with E-state index in [0.29, 0.717) is 12.6 Å². The topological polar surface area (TPSA) is 53.6 Å². The Bertz CT molecular complexity index is 628. The van der Waals surface area contributed by atoms with Gasteiger partial charge in [0.15, 0.2) is 5.11 Å². The molecule has 25 heavy (non-hydrogen) atoms. The number of ether oxygens (including phenoxy) is 1. The first-order valence-corrected chi connectivity index (χ1v) is 9.38. The first kappa shape index (κ1) is 18.0. The lowest BCUT2D eigenvalue weighted by Crippen LogP contribution is -2.42. The fourth-order valence-electron chi connectivity index (χ4n) is 3.30. The number of nitrogens with one attached hydrogen (secondary N) is 2. The van der Waals surface area contributed by atoms with E-state index in [1.165, 1.54) is 0 Å². The number of carbonyl (C=O) groups excluding carboxylic acids is 1. The molecule has 1 aliphatic carbocycles. The molecular weight excluding hydrogens is 334 g/mol. The lowest BCUT2D eigenvalue weighted by molar-refractivity contribution is -0.125. The number of carbonyl (C=O) groups is 1. The van der Waals surface area contributed by atoms with E-state index in [2.05, 4.69) is 41.5 Å². The van der Waals surface area contributed by atoms with Crippen molar-refractivity contribution in [3.05, 3.63) is 29.8 Å². The van der Waals surface area contributed by atoms with Crippen molar-refractivity contribution in [2.45, 2.75) is 44.7 Å². The number of benzene rings is 1. The summed E-state index contributed by atoms with van der Waals surface area (Å²) in [5.41, 5.74) is 1.16. The molecule has 2 atom stereocenters. The van der Waals surface area contributed by atoms with Crippen LogP contribution in [-0.2, 0) is 4.79 Å². The quantitative estimate of drug-likeness (QED) is 0.788. The van der Waals surface area contributed by atoms with Crippen molar-refractivity contribution in [3.8, 4) is 5.75 Å². The largest absolute Gasteiger partial charge is 0.497 e. The van der Waals surface area contributed by atoms with Crippen LogP contribution in [0.5, 0.6) is 5.75 Å². The number of thiocarbonyl (C=S) groups is 1. The SMILES string of the molecule is COc1ccc([C@H]2CN(C(=S)NC(C)C)C[C@@H]2C(=O)NC2CC2)cc1. The van der Waals surface area contributed by atoms with Crippen LogP contribution in [0.3, 0.4) is 0 Å². The maximum absolute atomic E-state index is 12.8. The van der Waals surface area contributed by atoms with Crippen molar-refractivity contribution in [2.75, 3.05) is 20.2 Å². The summed E-state index contributed by atoms with van der Waals surface area (Å²) < 4.78 is 5.25. The monoisotopic (exact) mass is 361 g/mol. The van der Waals surface area contributed by atoms with E-state index in [9.17, 15) is 4.79 Å². The Morgan fingerprint density at radius 1 is 1.24 bits per heavy atom. The van der Waals surface area contributed by atoms with Gasteiger partial charge < -0.3 is 20.3 Å². The molecule has 1 aliphatic heterocycles. The molecule has 0 bridgehead atoms. The lowest BCUT2D eigenvalue weighted by Gasteiger charge is -2.22. The van der Waals surface area contributed by atoms with Crippen LogP contribution in [0.1, 0.15) is 38.2 Å². The molecule has 2 fully saturated rings. The van der Waals surface area contributed by atoms with Gasteiger partial charge in [0.05, 0.1) is 13.0 Å². The Kier molecular flexibility index (Phi) is 5.47. The minimum Gasteiger partial charge on any atom is -0.497 e. The van der Waals surface area contributed by atoms with E-state index >= 15 is 0 Å². The van der Waals surface area contributed by atoms with Crippen molar-refractivity contribution in [1.82, 2.24) is 15.5 Å². The number of hydrogen-bond acceptors (Lipinski definition) is 3. The normalized spacial score (nSPS) is 22.8. The average Bonchev–Trinajstić information content (AvgIpc) is 3.28. The van der Waals surface area contributed by atoms with Crippen LogP contribution in [0, 0.1) is 5.92 Å². The number of likely N-dealkylation sites (tertiary alicyclic amines) is 1. The summed E-state index contributed by atoms with van der Waals surface area (Å²) in [7, 11) is 1.66. The van der Waals surface area contributed by atoms with Crippen LogP contribution in [-0.4, -0.2) is 48.2 Å². The van der Waals surface area contributed by atoms with E-state index in [4.69, 9.17) is 17.0 Å². The number of amides is 1. The van der Waals surface area contributed by atoms with Crippen LogP contribution in [0.4, 0.5) is 0 Å². The molecule has 1 saturated carbocycles. The highest BCUT2D eigenvalue weighted by Gasteiger charge is 2.40. The van der Waals surface area contributed by atoms with Gasteiger partial charge in [-0.3, -0.25) is 4.79 Å². The molecule has 0 spiro atoms. The first-order valence-electron chi connectivity index (χ1n) is 8.97. The maximum atomic E-state index is 12.8. The maximum Gasteiger partial charge on any atom is 0.225 e. The Morgan fingerprint density at radius 3 is 2.48 bits per heavy atom. The minimum absolute atomic E-state index is 0.0825. The van der Waals surface area contributed by atoms with Crippen molar-refractivity contribution in [2.24, 2.45) is 5.92 Å². The third kappa shape index (κ3) is 4.42.